The van der Waals surface area contributed by atoms with Crippen LogP contribution in [0, 0.1) is 5.92 Å². The average Bonchev–Trinajstić information content (AvgIpc) is 2.65. The number of nitrogens with one attached hydrogen (secondary N) is 1. The molecule has 0 aliphatic rings. The molecule has 158 valence electrons. The molecule has 2 N–H and O–H groups in total. The number of benzene rings is 2. The van der Waals surface area contributed by atoms with Crippen molar-refractivity contribution in [3.05, 3.63) is 64.7 Å². The van der Waals surface area contributed by atoms with Gasteiger partial charge in [0.05, 0.1) is 4.90 Å². The molecule has 0 radical (unpaired) electrons. The van der Waals surface area contributed by atoms with Crippen LogP contribution in [0.3, 0.4) is 0 Å². The summed E-state index contributed by atoms with van der Waals surface area (Å²) in [6, 6.07) is 13.5. The van der Waals surface area contributed by atoms with Gasteiger partial charge in [0.25, 0.3) is 0 Å². The molecule has 0 saturated heterocycles. The molecule has 0 bridgehead atoms. The lowest BCUT2D eigenvalue weighted by atomic mass is 9.97. The molecule has 0 aliphatic carbocycles. The van der Waals surface area contributed by atoms with E-state index in [0.29, 0.717) is 30.2 Å². The van der Waals surface area contributed by atoms with Crippen molar-refractivity contribution in [2.45, 2.75) is 56.9 Å². The Kier molecular flexibility index (Phi) is 8.68. The van der Waals surface area contributed by atoms with Gasteiger partial charge in [-0.2, -0.15) is 0 Å². The van der Waals surface area contributed by atoms with Crippen molar-refractivity contribution < 1.29 is 18.3 Å². The van der Waals surface area contributed by atoms with E-state index < -0.39 is 16.0 Å². The van der Waals surface area contributed by atoms with Gasteiger partial charge in [-0.3, -0.25) is 4.79 Å². The zero-order chi connectivity index (χ0) is 21.4. The lowest BCUT2D eigenvalue weighted by molar-refractivity contribution is -0.137. The van der Waals surface area contributed by atoms with Gasteiger partial charge in [-0.05, 0) is 67.0 Å². The van der Waals surface area contributed by atoms with Crippen LogP contribution in [0.4, 0.5) is 0 Å². The summed E-state index contributed by atoms with van der Waals surface area (Å²) >= 11 is 5.87. The SMILES string of the molecule is CC(C)CCC(NS(=O)(=O)c1ccc(Cl)cc1)c1ccc(CCCC(=O)O)cc1. The van der Waals surface area contributed by atoms with E-state index in [1.54, 1.807) is 12.1 Å². The van der Waals surface area contributed by atoms with Crippen LogP contribution in [0.1, 0.15) is 56.7 Å². The third kappa shape index (κ3) is 7.80. The van der Waals surface area contributed by atoms with E-state index in [0.717, 1.165) is 17.5 Å². The molecule has 0 spiro atoms. The Morgan fingerprint density at radius 2 is 1.66 bits per heavy atom. The lowest BCUT2D eigenvalue weighted by Crippen LogP contribution is -2.29. The Morgan fingerprint density at radius 1 is 1.03 bits per heavy atom. The highest BCUT2D eigenvalue weighted by atomic mass is 35.5. The second-order valence-electron chi connectivity index (χ2n) is 7.59. The van der Waals surface area contributed by atoms with Gasteiger partial charge in [-0.15, -0.1) is 0 Å². The first-order chi connectivity index (χ1) is 13.7. The third-order valence-electron chi connectivity index (χ3n) is 4.69. The van der Waals surface area contributed by atoms with E-state index in [4.69, 9.17) is 16.7 Å². The summed E-state index contributed by atoms with van der Waals surface area (Å²) in [4.78, 5) is 10.8. The fraction of sp³-hybridized carbons (Fsp3) is 0.409. The normalized spacial score (nSPS) is 12.8. The predicted molar refractivity (Wildman–Crippen MR) is 116 cm³/mol. The molecule has 0 aromatic heterocycles. The highest BCUT2D eigenvalue weighted by Crippen LogP contribution is 2.25. The van der Waals surface area contributed by atoms with Crippen LogP contribution in [0.25, 0.3) is 0 Å². The molecule has 0 aliphatic heterocycles. The quantitative estimate of drug-likeness (QED) is 0.505. The van der Waals surface area contributed by atoms with Crippen molar-refractivity contribution in [1.82, 2.24) is 4.72 Å². The summed E-state index contributed by atoms with van der Waals surface area (Å²) in [6.07, 6.45) is 2.96. The number of carbonyl (C=O) groups is 1. The van der Waals surface area contributed by atoms with Crippen molar-refractivity contribution in [2.24, 2.45) is 5.92 Å². The number of hydrogen-bond donors (Lipinski definition) is 2. The maximum atomic E-state index is 12.8. The molecule has 2 rings (SSSR count). The van der Waals surface area contributed by atoms with Crippen LogP contribution in [0.5, 0.6) is 0 Å². The van der Waals surface area contributed by atoms with Crippen LogP contribution in [0.15, 0.2) is 53.4 Å². The summed E-state index contributed by atoms with van der Waals surface area (Å²) in [5.74, 6) is -0.347. The molecule has 0 saturated carbocycles. The van der Waals surface area contributed by atoms with Gasteiger partial charge in [0, 0.05) is 17.5 Å². The Balaban J connectivity index is 2.16. The fourth-order valence-electron chi connectivity index (χ4n) is 3.02. The number of carboxylic acids is 1. The molecule has 0 fully saturated rings. The molecular formula is C22H28ClNO4S. The molecule has 5 nitrogen and oxygen atoms in total. The second kappa shape index (κ2) is 10.8. The van der Waals surface area contributed by atoms with Crippen molar-refractivity contribution in [3.63, 3.8) is 0 Å². The van der Waals surface area contributed by atoms with Gasteiger partial charge in [-0.25, -0.2) is 13.1 Å². The number of aliphatic carboxylic acids is 1. The van der Waals surface area contributed by atoms with Gasteiger partial charge in [-0.1, -0.05) is 49.7 Å². The minimum Gasteiger partial charge on any atom is -0.481 e. The van der Waals surface area contributed by atoms with Gasteiger partial charge >= 0.3 is 5.97 Å². The van der Waals surface area contributed by atoms with Gasteiger partial charge in [0.15, 0.2) is 0 Å². The smallest absolute Gasteiger partial charge is 0.303 e. The van der Waals surface area contributed by atoms with E-state index in [-0.39, 0.29) is 17.4 Å². The average molecular weight is 438 g/mol. The van der Waals surface area contributed by atoms with Gasteiger partial charge in [0.2, 0.25) is 10.0 Å². The maximum Gasteiger partial charge on any atom is 0.303 e. The number of carboxylic acid groups (broad SMARTS) is 1. The summed E-state index contributed by atoms with van der Waals surface area (Å²) in [7, 11) is -3.68. The van der Waals surface area contributed by atoms with E-state index >= 15 is 0 Å². The second-order valence-corrected chi connectivity index (χ2v) is 9.74. The number of aryl methyl sites for hydroxylation is 1. The summed E-state index contributed by atoms with van der Waals surface area (Å²) in [5.41, 5.74) is 1.93. The molecule has 7 heteroatoms. The van der Waals surface area contributed by atoms with Crippen LogP contribution in [-0.4, -0.2) is 19.5 Å². The number of halogens is 1. The third-order valence-corrected chi connectivity index (χ3v) is 6.43. The van der Waals surface area contributed by atoms with Crippen molar-refractivity contribution in [3.8, 4) is 0 Å². The first-order valence-electron chi connectivity index (χ1n) is 9.76. The standard InChI is InChI=1S/C22H28ClNO4S/c1-16(2)6-15-21(24-29(27,28)20-13-11-19(23)12-14-20)18-9-7-17(8-10-18)4-3-5-22(25)26/h7-14,16,21,24H,3-6,15H2,1-2H3,(H,25,26). The molecule has 1 unspecified atom stereocenters. The first-order valence-corrected chi connectivity index (χ1v) is 11.6. The van der Waals surface area contributed by atoms with Gasteiger partial charge < -0.3 is 5.11 Å². The molecule has 1 atom stereocenters. The number of hydrogen-bond acceptors (Lipinski definition) is 3. The van der Waals surface area contributed by atoms with Crippen molar-refractivity contribution in [2.75, 3.05) is 0 Å². The largest absolute Gasteiger partial charge is 0.481 e. The Morgan fingerprint density at radius 3 is 2.21 bits per heavy atom. The predicted octanol–water partition coefficient (Wildman–Crippen LogP) is 5.20. The van der Waals surface area contributed by atoms with E-state index in [9.17, 15) is 13.2 Å². The summed E-state index contributed by atoms with van der Waals surface area (Å²) in [6.45, 7) is 4.21. The van der Waals surface area contributed by atoms with Crippen molar-refractivity contribution >= 4 is 27.6 Å². The Hall–Kier alpha value is -1.89. The Labute approximate surface area is 178 Å². The molecule has 0 heterocycles. The first kappa shape index (κ1) is 23.4. The Bertz CT molecular complexity index is 893. The van der Waals surface area contributed by atoms with Crippen molar-refractivity contribution in [1.29, 1.82) is 0 Å². The summed E-state index contributed by atoms with van der Waals surface area (Å²) < 4.78 is 28.5. The highest BCUT2D eigenvalue weighted by Gasteiger charge is 2.21. The fourth-order valence-corrected chi connectivity index (χ4v) is 4.41. The maximum absolute atomic E-state index is 12.8. The zero-order valence-electron chi connectivity index (χ0n) is 16.8. The highest BCUT2D eigenvalue weighted by molar-refractivity contribution is 7.89. The number of sulfonamides is 1. The minimum atomic E-state index is -3.68. The van der Waals surface area contributed by atoms with Crippen LogP contribution < -0.4 is 4.72 Å². The topological polar surface area (TPSA) is 83.5 Å². The summed E-state index contributed by atoms with van der Waals surface area (Å²) in [5, 5.41) is 9.24. The molecule has 29 heavy (non-hydrogen) atoms. The van der Waals surface area contributed by atoms with E-state index in [1.165, 1.54) is 12.1 Å². The van der Waals surface area contributed by atoms with Crippen LogP contribution >= 0.6 is 11.6 Å². The van der Waals surface area contributed by atoms with E-state index in [1.807, 2.05) is 24.3 Å². The zero-order valence-corrected chi connectivity index (χ0v) is 18.3. The molecule has 2 aromatic carbocycles. The lowest BCUT2D eigenvalue weighted by Gasteiger charge is -2.21. The molecule has 2 aromatic rings. The van der Waals surface area contributed by atoms with Crippen LogP contribution in [-0.2, 0) is 21.2 Å². The van der Waals surface area contributed by atoms with E-state index in [2.05, 4.69) is 18.6 Å². The monoisotopic (exact) mass is 437 g/mol. The minimum absolute atomic E-state index is 0.139. The van der Waals surface area contributed by atoms with Gasteiger partial charge in [0.1, 0.15) is 0 Å². The molecule has 0 amide bonds. The number of rotatable bonds is 11. The molecular weight excluding hydrogens is 410 g/mol. The van der Waals surface area contributed by atoms with Crippen LogP contribution in [0.2, 0.25) is 5.02 Å².